The van der Waals surface area contributed by atoms with Crippen molar-refractivity contribution < 1.29 is 28.8 Å². The van der Waals surface area contributed by atoms with E-state index in [9.17, 15) is 28.8 Å². The molecule has 7 amide bonds. The Bertz CT molecular complexity index is 2160. The molecule has 15 heteroatoms. The number of benzene rings is 2. The number of urea groups is 1. The van der Waals surface area contributed by atoms with E-state index in [1.54, 1.807) is 60.7 Å². The van der Waals surface area contributed by atoms with E-state index in [2.05, 4.69) is 48.4 Å². The van der Waals surface area contributed by atoms with Crippen molar-refractivity contribution in [1.82, 2.24) is 25.5 Å². The molecule has 0 aliphatic carbocycles. The molecule has 2 aromatic heterocycles. The third kappa shape index (κ3) is 8.40. The summed E-state index contributed by atoms with van der Waals surface area (Å²) in [6.07, 6.45) is 4.41. The fourth-order valence-electron chi connectivity index (χ4n) is 5.66. The van der Waals surface area contributed by atoms with Crippen molar-refractivity contribution in [3.05, 3.63) is 112 Å². The number of hydrogen-bond donors (Lipinski definition) is 5. The summed E-state index contributed by atoms with van der Waals surface area (Å²) in [6, 6.07) is 16.6. The number of halogens is 1. The van der Waals surface area contributed by atoms with Gasteiger partial charge in [-0.1, -0.05) is 29.7 Å². The Morgan fingerprint density at radius 2 is 1.62 bits per heavy atom. The van der Waals surface area contributed by atoms with E-state index in [4.69, 9.17) is 11.6 Å². The Morgan fingerprint density at radius 1 is 0.865 bits per heavy atom. The van der Waals surface area contributed by atoms with Gasteiger partial charge in [-0.2, -0.15) is 0 Å². The van der Waals surface area contributed by atoms with Gasteiger partial charge in [-0.15, -0.1) is 0 Å². The zero-order valence-corrected chi connectivity index (χ0v) is 28.3. The normalized spacial score (nSPS) is 14.9. The molecular weight excluding hydrogens is 688 g/mol. The Kier molecular flexibility index (Phi) is 10.8. The molecule has 0 radical (unpaired) electrons. The highest BCUT2D eigenvalue weighted by Gasteiger charge is 2.45. The lowest BCUT2D eigenvalue weighted by Crippen LogP contribution is -2.54. The van der Waals surface area contributed by atoms with Crippen molar-refractivity contribution in [2.45, 2.75) is 31.7 Å². The molecule has 0 spiro atoms. The van der Waals surface area contributed by atoms with Crippen LogP contribution in [0.1, 0.15) is 68.0 Å². The summed E-state index contributed by atoms with van der Waals surface area (Å²) in [7, 11) is 0. The molecule has 2 aromatic carbocycles. The minimum Gasteiger partial charge on any atom is -0.384 e. The number of aromatic nitrogens is 2. The van der Waals surface area contributed by atoms with Gasteiger partial charge in [-0.05, 0) is 79.8 Å². The second-order valence-electron chi connectivity index (χ2n) is 11.8. The Hall–Kier alpha value is -6.59. The third-order valence-corrected chi connectivity index (χ3v) is 8.34. The first kappa shape index (κ1) is 35.2. The summed E-state index contributed by atoms with van der Waals surface area (Å²) in [6.45, 7) is 0.863. The number of anilines is 3. The number of rotatable bonds is 10. The smallest absolute Gasteiger partial charge is 0.323 e. The number of carbonyl (C=O) groups is 6. The molecule has 0 saturated carbocycles. The molecule has 2 aliphatic rings. The van der Waals surface area contributed by atoms with Crippen LogP contribution >= 0.6 is 11.6 Å². The number of fused-ring (bicyclic) bond motifs is 1. The van der Waals surface area contributed by atoms with Crippen LogP contribution in [0.3, 0.4) is 0 Å². The van der Waals surface area contributed by atoms with Crippen LogP contribution in [0.5, 0.6) is 0 Å². The summed E-state index contributed by atoms with van der Waals surface area (Å²) in [5.74, 6) is 3.45. The highest BCUT2D eigenvalue weighted by Crippen LogP contribution is 2.32. The summed E-state index contributed by atoms with van der Waals surface area (Å²) >= 11 is 5.86. The van der Waals surface area contributed by atoms with Crippen molar-refractivity contribution in [2.24, 2.45) is 0 Å². The minimum atomic E-state index is -1.03. The number of nitrogens with one attached hydrogen (secondary N) is 5. The highest BCUT2D eigenvalue weighted by atomic mass is 35.5. The first-order chi connectivity index (χ1) is 25.2. The van der Waals surface area contributed by atoms with E-state index in [0.717, 1.165) is 4.90 Å². The first-order valence-corrected chi connectivity index (χ1v) is 16.7. The van der Waals surface area contributed by atoms with Gasteiger partial charge in [-0.25, -0.2) is 14.8 Å². The van der Waals surface area contributed by atoms with Gasteiger partial charge in [0, 0.05) is 60.1 Å². The SMILES string of the molecule is O=C1CCC(N2C(=O)c3cccc(NCCCCNC(=O)c4cccc(C#Cc5cc(NC(=O)Nc6ccnc(Cl)c6)ccn5)c4)c3C2=O)C(=O)N1. The first-order valence-electron chi connectivity index (χ1n) is 16.3. The van der Waals surface area contributed by atoms with Crippen LogP contribution in [0.15, 0.2) is 79.1 Å². The molecule has 4 heterocycles. The molecule has 1 fully saturated rings. The van der Waals surface area contributed by atoms with Gasteiger partial charge < -0.3 is 21.3 Å². The number of carbonyl (C=O) groups excluding carboxylic acids is 6. The van der Waals surface area contributed by atoms with E-state index in [1.165, 1.54) is 18.5 Å². The number of pyridine rings is 2. The number of piperidine rings is 1. The van der Waals surface area contributed by atoms with Gasteiger partial charge in [-0.3, -0.25) is 34.2 Å². The summed E-state index contributed by atoms with van der Waals surface area (Å²) < 4.78 is 0. The topological polar surface area (TPSA) is 192 Å². The van der Waals surface area contributed by atoms with Gasteiger partial charge in [0.2, 0.25) is 11.8 Å². The number of amides is 7. The molecule has 1 atom stereocenters. The molecule has 5 N–H and O–H groups in total. The molecule has 1 unspecified atom stereocenters. The van der Waals surface area contributed by atoms with Gasteiger partial charge in [0.25, 0.3) is 17.7 Å². The summed E-state index contributed by atoms with van der Waals surface area (Å²) in [5, 5.41) is 13.9. The molecule has 52 heavy (non-hydrogen) atoms. The van der Waals surface area contributed by atoms with E-state index < -0.39 is 35.7 Å². The number of nitrogens with zero attached hydrogens (tertiary/aromatic N) is 3. The second kappa shape index (κ2) is 16.0. The Labute approximate surface area is 302 Å². The van der Waals surface area contributed by atoms with Gasteiger partial charge in [0.1, 0.15) is 16.9 Å². The van der Waals surface area contributed by atoms with E-state index in [1.807, 2.05) is 0 Å². The van der Waals surface area contributed by atoms with Crippen LogP contribution in [0.4, 0.5) is 21.9 Å². The van der Waals surface area contributed by atoms with Gasteiger partial charge in [0.15, 0.2) is 0 Å². The minimum absolute atomic E-state index is 0.0472. The molecule has 262 valence electrons. The maximum absolute atomic E-state index is 13.3. The maximum Gasteiger partial charge on any atom is 0.323 e. The van der Waals surface area contributed by atoms with Crippen LogP contribution < -0.4 is 26.6 Å². The van der Waals surface area contributed by atoms with Crippen molar-refractivity contribution in [1.29, 1.82) is 0 Å². The fourth-order valence-corrected chi connectivity index (χ4v) is 5.84. The summed E-state index contributed by atoms with van der Waals surface area (Å²) in [5.41, 5.74) is 3.29. The Morgan fingerprint density at radius 3 is 2.40 bits per heavy atom. The summed E-state index contributed by atoms with van der Waals surface area (Å²) in [4.78, 5) is 84.5. The number of imide groups is 2. The average molecular weight is 719 g/mol. The predicted octanol–water partition coefficient (Wildman–Crippen LogP) is 4.20. The van der Waals surface area contributed by atoms with Crippen LogP contribution in [-0.2, 0) is 9.59 Å². The lowest BCUT2D eigenvalue weighted by molar-refractivity contribution is -0.136. The average Bonchev–Trinajstić information content (AvgIpc) is 3.38. The molecule has 0 bridgehead atoms. The van der Waals surface area contributed by atoms with Crippen LogP contribution in [0, 0.1) is 11.8 Å². The van der Waals surface area contributed by atoms with E-state index >= 15 is 0 Å². The van der Waals surface area contributed by atoms with Gasteiger partial charge in [0.05, 0.1) is 11.1 Å². The molecule has 2 aliphatic heterocycles. The highest BCUT2D eigenvalue weighted by molar-refractivity contribution is 6.29. The van der Waals surface area contributed by atoms with Crippen molar-refractivity contribution in [3.8, 4) is 11.8 Å². The van der Waals surface area contributed by atoms with Crippen LogP contribution in [-0.4, -0.2) is 69.6 Å². The zero-order chi connectivity index (χ0) is 36.6. The number of hydrogen-bond acceptors (Lipinski definition) is 9. The monoisotopic (exact) mass is 718 g/mol. The standard InChI is InChI=1S/C37H31ClN8O6/c38-30-21-26(14-18-41-30)44-37(52)43-25-13-17-39-24(20-25)10-9-22-5-3-6-23(19-22)33(48)42-16-2-1-15-40-28-8-4-7-27-32(28)36(51)46(35(27)50)29-11-12-31(47)45-34(29)49/h3-8,13-14,17-21,29,40H,1-2,11-12,15-16H2,(H,42,48)(H,45,47,49)(H2,39,41,43,44,52). The van der Waals surface area contributed by atoms with Crippen molar-refractivity contribution >= 4 is 64.2 Å². The Balaban J connectivity index is 0.965. The largest absolute Gasteiger partial charge is 0.384 e. The maximum atomic E-state index is 13.3. The van der Waals surface area contributed by atoms with Crippen molar-refractivity contribution in [3.63, 3.8) is 0 Å². The molecule has 4 aromatic rings. The quantitative estimate of drug-likeness (QED) is 0.0692. The molecule has 6 rings (SSSR count). The lowest BCUT2D eigenvalue weighted by Gasteiger charge is -2.27. The molecular formula is C37H31ClN8O6. The van der Waals surface area contributed by atoms with Crippen molar-refractivity contribution in [2.75, 3.05) is 29.0 Å². The predicted molar refractivity (Wildman–Crippen MR) is 192 cm³/mol. The second-order valence-corrected chi connectivity index (χ2v) is 12.2. The molecule has 1 saturated heterocycles. The lowest BCUT2D eigenvalue weighted by atomic mass is 10.0. The van der Waals surface area contributed by atoms with E-state index in [0.29, 0.717) is 59.8 Å². The van der Waals surface area contributed by atoms with Crippen LogP contribution in [0.2, 0.25) is 5.15 Å². The van der Waals surface area contributed by atoms with Gasteiger partial charge >= 0.3 is 6.03 Å². The molecule has 14 nitrogen and oxygen atoms in total. The number of unbranched alkanes of at least 4 members (excludes halogenated alkanes) is 1. The fraction of sp³-hybridized carbons (Fsp3) is 0.189. The zero-order valence-electron chi connectivity index (χ0n) is 27.5. The van der Waals surface area contributed by atoms with E-state index in [-0.39, 0.29) is 35.0 Å². The third-order valence-electron chi connectivity index (χ3n) is 8.13. The van der Waals surface area contributed by atoms with Crippen LogP contribution in [0.25, 0.3) is 0 Å².